The summed E-state index contributed by atoms with van der Waals surface area (Å²) in [5.74, 6) is 0.794. The summed E-state index contributed by atoms with van der Waals surface area (Å²) in [5.41, 5.74) is 1.39. The van der Waals surface area contributed by atoms with Crippen molar-refractivity contribution < 1.29 is 9.47 Å². The zero-order chi connectivity index (χ0) is 19.9. The zero-order valence-electron chi connectivity index (χ0n) is 16.5. The molecule has 1 aliphatic rings. The molecule has 2 N–H and O–H groups in total. The van der Waals surface area contributed by atoms with Gasteiger partial charge in [0.2, 0.25) is 0 Å². The second-order valence-corrected chi connectivity index (χ2v) is 7.12. The molecule has 2 heterocycles. The summed E-state index contributed by atoms with van der Waals surface area (Å²) in [5, 5.41) is 4.62. The van der Waals surface area contributed by atoms with Crippen LogP contribution in [-0.4, -0.2) is 72.9 Å². The van der Waals surface area contributed by atoms with Crippen molar-refractivity contribution in [2.75, 3.05) is 53.0 Å². The van der Waals surface area contributed by atoms with Crippen LogP contribution in [0.2, 0.25) is 0 Å². The largest absolute Gasteiger partial charge is 0.494 e. The maximum absolute atomic E-state index is 12.6. The van der Waals surface area contributed by atoms with Gasteiger partial charge in [-0.3, -0.25) is 9.69 Å². The van der Waals surface area contributed by atoms with Crippen LogP contribution in [0.15, 0.2) is 29.1 Å². The van der Waals surface area contributed by atoms with E-state index >= 15 is 0 Å². The van der Waals surface area contributed by atoms with Gasteiger partial charge in [-0.25, -0.2) is 0 Å². The van der Waals surface area contributed by atoms with E-state index in [0.29, 0.717) is 23.8 Å². The van der Waals surface area contributed by atoms with Crippen molar-refractivity contribution in [1.29, 1.82) is 0 Å². The maximum Gasteiger partial charge on any atom is 0.253 e. The van der Waals surface area contributed by atoms with E-state index in [1.54, 1.807) is 0 Å². The molecule has 0 atom stereocenters. The van der Waals surface area contributed by atoms with Crippen LogP contribution in [0.5, 0.6) is 5.75 Å². The minimum atomic E-state index is -0.0908. The molecule has 28 heavy (non-hydrogen) atoms. The van der Waals surface area contributed by atoms with Crippen molar-refractivity contribution >= 4 is 28.2 Å². The topological polar surface area (TPSA) is 69.8 Å². The number of fused-ring (bicyclic) bond motifs is 1. The van der Waals surface area contributed by atoms with E-state index in [1.807, 2.05) is 43.1 Å². The molecule has 0 saturated carbocycles. The Hall–Kier alpha value is -2.16. The summed E-state index contributed by atoms with van der Waals surface area (Å²) < 4.78 is 11.0. The lowest BCUT2D eigenvalue weighted by atomic mass is 10.1. The van der Waals surface area contributed by atoms with Gasteiger partial charge in [0.05, 0.1) is 26.4 Å². The number of nitrogens with one attached hydrogen (secondary N) is 2. The van der Waals surface area contributed by atoms with Gasteiger partial charge in [0.1, 0.15) is 5.75 Å². The minimum absolute atomic E-state index is 0.0908. The molecule has 8 heteroatoms. The summed E-state index contributed by atoms with van der Waals surface area (Å²) in [6.45, 7) is 8.02. The Morgan fingerprint density at radius 2 is 2.14 bits per heavy atom. The fraction of sp³-hybridized carbons (Fsp3) is 0.500. The van der Waals surface area contributed by atoms with Crippen LogP contribution in [0.1, 0.15) is 12.5 Å². The van der Waals surface area contributed by atoms with Crippen LogP contribution in [0.3, 0.4) is 0 Å². The van der Waals surface area contributed by atoms with Crippen LogP contribution < -0.4 is 15.6 Å². The SMILES string of the molecule is CCOc1ccc2[nH]c(=O)c(CN(CCN3CCOCC3)C(=S)NC)cc2c1. The second-order valence-electron chi connectivity index (χ2n) is 6.74. The number of hydrogen-bond acceptors (Lipinski definition) is 5. The molecule has 0 aliphatic carbocycles. The molecule has 1 aromatic carbocycles. The summed E-state index contributed by atoms with van der Waals surface area (Å²) in [6.07, 6.45) is 0. The molecule has 1 saturated heterocycles. The van der Waals surface area contributed by atoms with Gasteiger partial charge in [-0.2, -0.15) is 0 Å². The monoisotopic (exact) mass is 404 g/mol. The maximum atomic E-state index is 12.6. The molecule has 0 amide bonds. The second kappa shape index (κ2) is 9.86. The van der Waals surface area contributed by atoms with Crippen LogP contribution in [0.25, 0.3) is 10.9 Å². The molecular formula is C20H28N4O3S. The van der Waals surface area contributed by atoms with E-state index in [9.17, 15) is 4.79 Å². The van der Waals surface area contributed by atoms with Gasteiger partial charge >= 0.3 is 0 Å². The first-order chi connectivity index (χ1) is 13.6. The molecule has 0 spiro atoms. The van der Waals surface area contributed by atoms with Crippen molar-refractivity contribution in [2.24, 2.45) is 0 Å². The molecular weight excluding hydrogens is 376 g/mol. The summed E-state index contributed by atoms with van der Waals surface area (Å²) in [6, 6.07) is 7.62. The molecule has 1 aromatic heterocycles. The number of pyridine rings is 1. The van der Waals surface area contributed by atoms with Crippen LogP contribution in [0.4, 0.5) is 0 Å². The lowest BCUT2D eigenvalue weighted by Crippen LogP contribution is -2.45. The highest BCUT2D eigenvalue weighted by Crippen LogP contribution is 2.19. The quantitative estimate of drug-likeness (QED) is 0.679. The Balaban J connectivity index is 1.78. The number of benzene rings is 1. The first kappa shape index (κ1) is 20.6. The summed E-state index contributed by atoms with van der Waals surface area (Å²) in [7, 11) is 1.81. The standard InChI is InChI=1S/C20H28N4O3S/c1-3-27-17-4-5-18-15(13-17)12-16(19(25)22-18)14-24(20(28)21-2)7-6-23-8-10-26-11-9-23/h4-5,12-13H,3,6-11,14H2,1-2H3,(H,21,28)(H,22,25). The van der Waals surface area contributed by atoms with Gasteiger partial charge in [-0.05, 0) is 43.4 Å². The minimum Gasteiger partial charge on any atom is -0.494 e. The third-order valence-electron chi connectivity index (χ3n) is 4.86. The Morgan fingerprint density at radius 3 is 2.86 bits per heavy atom. The Kier molecular flexibility index (Phi) is 7.24. The average molecular weight is 405 g/mol. The number of aromatic nitrogens is 1. The smallest absolute Gasteiger partial charge is 0.253 e. The number of rotatable bonds is 7. The fourth-order valence-corrected chi connectivity index (χ4v) is 3.46. The molecule has 3 rings (SSSR count). The van der Waals surface area contributed by atoms with Crippen molar-refractivity contribution in [1.82, 2.24) is 20.1 Å². The average Bonchev–Trinajstić information content (AvgIpc) is 2.72. The van der Waals surface area contributed by atoms with E-state index in [-0.39, 0.29) is 5.56 Å². The molecule has 7 nitrogen and oxygen atoms in total. The predicted octanol–water partition coefficient (Wildman–Crippen LogP) is 1.57. The van der Waals surface area contributed by atoms with E-state index in [4.69, 9.17) is 21.7 Å². The first-order valence-corrected chi connectivity index (χ1v) is 10.1. The third-order valence-corrected chi connectivity index (χ3v) is 5.32. The Labute approximate surface area is 170 Å². The van der Waals surface area contributed by atoms with Gasteiger partial charge < -0.3 is 24.7 Å². The molecule has 0 radical (unpaired) electrons. The highest BCUT2D eigenvalue weighted by atomic mass is 32.1. The van der Waals surface area contributed by atoms with Gasteiger partial charge in [0, 0.05) is 49.7 Å². The highest BCUT2D eigenvalue weighted by Gasteiger charge is 2.16. The molecule has 0 unspecified atom stereocenters. The predicted molar refractivity (Wildman–Crippen MR) is 115 cm³/mol. The summed E-state index contributed by atoms with van der Waals surface area (Å²) in [4.78, 5) is 19.9. The van der Waals surface area contributed by atoms with Crippen LogP contribution in [-0.2, 0) is 11.3 Å². The van der Waals surface area contributed by atoms with Crippen LogP contribution in [0, 0.1) is 0 Å². The number of ether oxygens (including phenoxy) is 2. The van der Waals surface area contributed by atoms with Crippen molar-refractivity contribution in [3.63, 3.8) is 0 Å². The van der Waals surface area contributed by atoms with E-state index in [2.05, 4.69) is 15.2 Å². The highest BCUT2D eigenvalue weighted by molar-refractivity contribution is 7.80. The lowest BCUT2D eigenvalue weighted by Gasteiger charge is -2.31. The number of thiocarbonyl (C=S) groups is 1. The lowest BCUT2D eigenvalue weighted by molar-refractivity contribution is 0.0357. The Morgan fingerprint density at radius 1 is 1.36 bits per heavy atom. The van der Waals surface area contributed by atoms with Gasteiger partial charge in [0.25, 0.3) is 5.56 Å². The van der Waals surface area contributed by atoms with Gasteiger partial charge in [0.15, 0.2) is 5.11 Å². The van der Waals surface area contributed by atoms with E-state index < -0.39 is 0 Å². The molecule has 1 aliphatic heterocycles. The van der Waals surface area contributed by atoms with E-state index in [1.165, 1.54) is 0 Å². The molecule has 152 valence electrons. The molecule has 1 fully saturated rings. The number of H-pyrrole nitrogens is 1. The van der Waals surface area contributed by atoms with Gasteiger partial charge in [-0.1, -0.05) is 0 Å². The fourth-order valence-electron chi connectivity index (χ4n) is 3.31. The number of aromatic amines is 1. The third kappa shape index (κ3) is 5.21. The molecule has 0 bridgehead atoms. The number of hydrogen-bond donors (Lipinski definition) is 2. The Bertz CT molecular complexity index is 864. The number of nitrogens with zero attached hydrogens (tertiary/aromatic N) is 2. The first-order valence-electron chi connectivity index (χ1n) is 9.66. The van der Waals surface area contributed by atoms with Crippen molar-refractivity contribution in [3.8, 4) is 5.75 Å². The van der Waals surface area contributed by atoms with Crippen molar-refractivity contribution in [3.05, 3.63) is 40.2 Å². The van der Waals surface area contributed by atoms with Gasteiger partial charge in [-0.15, -0.1) is 0 Å². The normalized spacial score (nSPS) is 14.8. The number of morpholine rings is 1. The molecule has 2 aromatic rings. The van der Waals surface area contributed by atoms with Crippen molar-refractivity contribution in [2.45, 2.75) is 13.5 Å². The summed E-state index contributed by atoms with van der Waals surface area (Å²) >= 11 is 5.48. The van der Waals surface area contributed by atoms with E-state index in [0.717, 1.165) is 56.0 Å². The van der Waals surface area contributed by atoms with Crippen LogP contribution >= 0.6 is 12.2 Å². The zero-order valence-corrected chi connectivity index (χ0v) is 17.3.